The molecule has 3 heterocycles. The first kappa shape index (κ1) is 21.1. The Labute approximate surface area is 170 Å². The van der Waals surface area contributed by atoms with Crippen LogP contribution in [0.4, 0.5) is 0 Å². The van der Waals surface area contributed by atoms with E-state index < -0.39 is 0 Å². The summed E-state index contributed by atoms with van der Waals surface area (Å²) in [6.07, 6.45) is 10.9. The Morgan fingerprint density at radius 2 is 1.75 bits per heavy atom. The average Bonchev–Trinajstić information content (AvgIpc) is 2.94. The first-order valence-electron chi connectivity index (χ1n) is 11.2. The standard InChI is InChI=1S/C21H39N7/c1-21(2,27-14-7-5-8-15-27)17-24-20(22-3)23-13-10-12-19-26-25-18-11-6-4-9-16-28(18)19/h4-17H2,1-3H3,(H2,22,23,24). The Morgan fingerprint density at radius 1 is 1.00 bits per heavy atom. The summed E-state index contributed by atoms with van der Waals surface area (Å²) in [5.74, 6) is 3.22. The monoisotopic (exact) mass is 389 g/mol. The second-order valence-electron chi connectivity index (χ2n) is 8.81. The number of rotatable bonds is 7. The maximum Gasteiger partial charge on any atom is 0.191 e. The van der Waals surface area contributed by atoms with Gasteiger partial charge in [-0.1, -0.05) is 12.8 Å². The lowest BCUT2D eigenvalue weighted by Gasteiger charge is -2.41. The molecule has 1 aromatic heterocycles. The first-order valence-corrected chi connectivity index (χ1v) is 11.2. The number of hydrogen-bond acceptors (Lipinski definition) is 4. The number of aromatic nitrogens is 3. The molecule has 0 spiro atoms. The fourth-order valence-electron chi connectivity index (χ4n) is 4.32. The minimum absolute atomic E-state index is 0.150. The summed E-state index contributed by atoms with van der Waals surface area (Å²) in [5, 5.41) is 15.8. The van der Waals surface area contributed by atoms with Gasteiger partial charge in [-0.15, -0.1) is 10.2 Å². The van der Waals surface area contributed by atoms with Crippen LogP contribution in [0.3, 0.4) is 0 Å². The molecule has 7 heteroatoms. The van der Waals surface area contributed by atoms with Crippen molar-refractivity contribution in [3.8, 4) is 0 Å². The van der Waals surface area contributed by atoms with Gasteiger partial charge in [-0.25, -0.2) is 0 Å². The number of aryl methyl sites for hydroxylation is 2. The van der Waals surface area contributed by atoms with Gasteiger partial charge in [0.2, 0.25) is 0 Å². The minimum Gasteiger partial charge on any atom is -0.356 e. The van der Waals surface area contributed by atoms with Gasteiger partial charge in [0.25, 0.3) is 0 Å². The Bertz CT molecular complexity index is 629. The lowest BCUT2D eigenvalue weighted by molar-refractivity contribution is 0.0982. The van der Waals surface area contributed by atoms with E-state index in [4.69, 9.17) is 0 Å². The molecule has 2 aliphatic rings. The van der Waals surface area contributed by atoms with E-state index in [0.29, 0.717) is 0 Å². The molecule has 0 unspecified atom stereocenters. The highest BCUT2D eigenvalue weighted by Gasteiger charge is 2.27. The predicted molar refractivity (Wildman–Crippen MR) is 115 cm³/mol. The van der Waals surface area contributed by atoms with Crippen LogP contribution in [-0.4, -0.2) is 64.4 Å². The molecule has 1 aromatic rings. The third kappa shape index (κ3) is 5.69. The van der Waals surface area contributed by atoms with E-state index >= 15 is 0 Å². The maximum atomic E-state index is 4.43. The smallest absolute Gasteiger partial charge is 0.191 e. The van der Waals surface area contributed by atoms with E-state index in [2.05, 4.69) is 49.1 Å². The number of aliphatic imine (C=N–C) groups is 1. The van der Waals surface area contributed by atoms with Gasteiger partial charge in [0, 0.05) is 45.1 Å². The topological polar surface area (TPSA) is 70.4 Å². The molecule has 28 heavy (non-hydrogen) atoms. The van der Waals surface area contributed by atoms with Crippen molar-refractivity contribution in [1.29, 1.82) is 0 Å². The second-order valence-corrected chi connectivity index (χ2v) is 8.81. The highest BCUT2D eigenvalue weighted by molar-refractivity contribution is 5.79. The lowest BCUT2D eigenvalue weighted by Crippen LogP contribution is -2.54. The van der Waals surface area contributed by atoms with Crippen molar-refractivity contribution in [3.05, 3.63) is 11.6 Å². The molecule has 0 radical (unpaired) electrons. The number of hydrogen-bond donors (Lipinski definition) is 2. The molecule has 0 aromatic carbocycles. The summed E-state index contributed by atoms with van der Waals surface area (Å²) in [6.45, 7) is 9.97. The van der Waals surface area contributed by atoms with Crippen LogP contribution in [0, 0.1) is 0 Å². The van der Waals surface area contributed by atoms with Crippen molar-refractivity contribution in [3.63, 3.8) is 0 Å². The van der Waals surface area contributed by atoms with Crippen molar-refractivity contribution in [2.45, 2.75) is 83.7 Å². The minimum atomic E-state index is 0.150. The van der Waals surface area contributed by atoms with Gasteiger partial charge in [0.15, 0.2) is 5.96 Å². The van der Waals surface area contributed by atoms with Crippen molar-refractivity contribution in [2.75, 3.05) is 33.2 Å². The summed E-state index contributed by atoms with van der Waals surface area (Å²) in [6, 6.07) is 0. The van der Waals surface area contributed by atoms with Crippen LogP contribution >= 0.6 is 0 Å². The summed E-state index contributed by atoms with van der Waals surface area (Å²) >= 11 is 0. The Morgan fingerprint density at radius 3 is 2.54 bits per heavy atom. The van der Waals surface area contributed by atoms with Crippen molar-refractivity contribution in [2.24, 2.45) is 4.99 Å². The summed E-state index contributed by atoms with van der Waals surface area (Å²) in [7, 11) is 1.85. The Balaban J connectivity index is 1.39. The Kier molecular flexibility index (Phi) is 7.71. The summed E-state index contributed by atoms with van der Waals surface area (Å²) in [4.78, 5) is 7.00. The van der Waals surface area contributed by atoms with Gasteiger partial charge in [-0.05, 0) is 59.0 Å². The fourth-order valence-corrected chi connectivity index (χ4v) is 4.32. The molecule has 2 aliphatic heterocycles. The summed E-state index contributed by atoms with van der Waals surface area (Å²) < 4.78 is 2.35. The van der Waals surface area contributed by atoms with Gasteiger partial charge < -0.3 is 15.2 Å². The molecular formula is C21H39N7. The van der Waals surface area contributed by atoms with Gasteiger partial charge in [-0.2, -0.15) is 0 Å². The van der Waals surface area contributed by atoms with Crippen LogP contribution in [0.5, 0.6) is 0 Å². The quantitative estimate of drug-likeness (QED) is 0.426. The lowest BCUT2D eigenvalue weighted by atomic mass is 9.98. The normalized spacial score (nSPS) is 19.2. The molecule has 0 aliphatic carbocycles. The van der Waals surface area contributed by atoms with Crippen LogP contribution in [0.1, 0.15) is 70.4 Å². The molecule has 1 fully saturated rings. The molecule has 0 atom stereocenters. The number of guanidine groups is 1. The van der Waals surface area contributed by atoms with Gasteiger partial charge in [0.05, 0.1) is 0 Å². The fraction of sp³-hybridized carbons (Fsp3) is 0.857. The number of nitrogens with zero attached hydrogens (tertiary/aromatic N) is 5. The molecule has 0 bridgehead atoms. The van der Waals surface area contributed by atoms with Crippen molar-refractivity contribution in [1.82, 2.24) is 30.3 Å². The number of fused-ring (bicyclic) bond motifs is 1. The van der Waals surface area contributed by atoms with E-state index in [1.807, 2.05) is 7.05 Å². The van der Waals surface area contributed by atoms with E-state index in [1.165, 1.54) is 57.4 Å². The largest absolute Gasteiger partial charge is 0.356 e. The zero-order chi connectivity index (χ0) is 19.8. The molecule has 158 valence electrons. The zero-order valence-electron chi connectivity index (χ0n) is 18.1. The summed E-state index contributed by atoms with van der Waals surface area (Å²) in [5.41, 5.74) is 0.150. The van der Waals surface area contributed by atoms with Crippen molar-refractivity contribution < 1.29 is 0 Å². The van der Waals surface area contributed by atoms with Crippen LogP contribution in [0.25, 0.3) is 0 Å². The molecule has 1 saturated heterocycles. The number of piperidine rings is 1. The number of likely N-dealkylation sites (tertiary alicyclic amines) is 1. The van der Waals surface area contributed by atoms with E-state index in [1.54, 1.807) is 0 Å². The van der Waals surface area contributed by atoms with Gasteiger partial charge in [0.1, 0.15) is 11.6 Å². The van der Waals surface area contributed by atoms with Crippen molar-refractivity contribution >= 4 is 5.96 Å². The van der Waals surface area contributed by atoms with E-state index in [-0.39, 0.29) is 5.54 Å². The molecule has 7 nitrogen and oxygen atoms in total. The SMILES string of the molecule is CN=C(NCCCc1nnc2n1CCCCC2)NCC(C)(C)N1CCCCC1. The average molecular weight is 390 g/mol. The van der Waals surface area contributed by atoms with Gasteiger partial charge >= 0.3 is 0 Å². The van der Waals surface area contributed by atoms with E-state index in [9.17, 15) is 0 Å². The van der Waals surface area contributed by atoms with Crippen LogP contribution in [0.2, 0.25) is 0 Å². The molecule has 0 amide bonds. The van der Waals surface area contributed by atoms with Crippen LogP contribution in [0.15, 0.2) is 4.99 Å². The third-order valence-electron chi connectivity index (χ3n) is 6.18. The third-order valence-corrected chi connectivity index (χ3v) is 6.18. The second kappa shape index (κ2) is 10.2. The first-order chi connectivity index (χ1) is 13.6. The zero-order valence-corrected chi connectivity index (χ0v) is 18.1. The maximum absolute atomic E-state index is 4.43. The van der Waals surface area contributed by atoms with Gasteiger partial charge in [-0.3, -0.25) is 9.89 Å². The molecule has 2 N–H and O–H groups in total. The molecular weight excluding hydrogens is 350 g/mol. The number of nitrogens with one attached hydrogen (secondary N) is 2. The molecule has 3 rings (SSSR count). The predicted octanol–water partition coefficient (Wildman–Crippen LogP) is 2.37. The molecule has 0 saturated carbocycles. The highest BCUT2D eigenvalue weighted by Crippen LogP contribution is 2.19. The Hall–Kier alpha value is -1.63. The van der Waals surface area contributed by atoms with E-state index in [0.717, 1.165) is 50.7 Å². The van der Waals surface area contributed by atoms with Crippen LogP contribution in [-0.2, 0) is 19.4 Å². The van der Waals surface area contributed by atoms with Crippen LogP contribution < -0.4 is 10.6 Å². The highest BCUT2D eigenvalue weighted by atomic mass is 15.3.